The molecule has 0 saturated heterocycles. The maximum absolute atomic E-state index is 10.4. The van der Waals surface area contributed by atoms with Crippen molar-refractivity contribution in [3.8, 4) is 5.40 Å². The van der Waals surface area contributed by atoms with Gasteiger partial charge in [-0.1, -0.05) is 11.6 Å². The summed E-state index contributed by atoms with van der Waals surface area (Å²) in [6, 6.07) is 4.23. The Hall–Kier alpha value is -1.25. The average Bonchev–Trinajstić information content (AvgIpc) is 2.08. The summed E-state index contributed by atoms with van der Waals surface area (Å²) in [5, 5.41) is 20.6. The number of nitriles is 1. The van der Waals surface area contributed by atoms with Crippen LogP contribution in [0.5, 0.6) is 0 Å². The van der Waals surface area contributed by atoms with Crippen LogP contribution in [0.1, 0.15) is 0 Å². The number of hydrogen-bond acceptors (Lipinski definition) is 4. The van der Waals surface area contributed by atoms with Gasteiger partial charge in [-0.2, -0.15) is 5.26 Å². The van der Waals surface area contributed by atoms with Gasteiger partial charge in [0.2, 0.25) is 0 Å². The van der Waals surface area contributed by atoms with Crippen LogP contribution in [0.3, 0.4) is 0 Å². The Morgan fingerprint density at radius 3 is 2.85 bits per heavy atom. The van der Waals surface area contributed by atoms with Gasteiger partial charge in [-0.15, -0.1) is 0 Å². The molecule has 1 rings (SSSR count). The minimum atomic E-state index is -0.580. The Labute approximate surface area is 83.3 Å². The topological polar surface area (TPSA) is 66.9 Å². The SMILES string of the molecule is N#CSc1ccc(Cl)c([N+](=O)[O-])c1. The second-order valence-corrected chi connectivity index (χ2v) is 3.33. The summed E-state index contributed by atoms with van der Waals surface area (Å²) < 4.78 is 0. The van der Waals surface area contributed by atoms with Crippen molar-refractivity contribution < 1.29 is 4.92 Å². The van der Waals surface area contributed by atoms with Crippen molar-refractivity contribution in [2.24, 2.45) is 0 Å². The molecule has 0 heterocycles. The van der Waals surface area contributed by atoms with E-state index in [0.717, 1.165) is 11.8 Å². The zero-order chi connectivity index (χ0) is 9.84. The fourth-order valence-corrected chi connectivity index (χ4v) is 1.35. The lowest BCUT2D eigenvalue weighted by Crippen LogP contribution is -1.88. The van der Waals surface area contributed by atoms with Crippen LogP contribution in [-0.2, 0) is 0 Å². The first-order valence-electron chi connectivity index (χ1n) is 3.15. The van der Waals surface area contributed by atoms with E-state index in [1.54, 1.807) is 6.07 Å². The first-order chi connectivity index (χ1) is 6.15. The molecule has 0 atom stereocenters. The summed E-state index contributed by atoms with van der Waals surface area (Å²) in [5.74, 6) is 0. The van der Waals surface area contributed by atoms with Gasteiger partial charge in [0.1, 0.15) is 10.4 Å². The van der Waals surface area contributed by atoms with E-state index in [1.165, 1.54) is 12.1 Å². The standard InChI is InChI=1S/C7H3ClN2O2S/c8-6-2-1-5(13-4-9)3-7(6)10(11)12/h1-3H. The Kier molecular flexibility index (Phi) is 3.12. The highest BCUT2D eigenvalue weighted by Crippen LogP contribution is 2.29. The molecule has 0 aliphatic carbocycles. The number of halogens is 1. The zero-order valence-corrected chi connectivity index (χ0v) is 7.80. The molecule has 1 aromatic carbocycles. The number of nitrogens with zero attached hydrogens (tertiary/aromatic N) is 2. The number of thioether (sulfide) groups is 1. The van der Waals surface area contributed by atoms with Crippen LogP contribution in [0.15, 0.2) is 23.1 Å². The lowest BCUT2D eigenvalue weighted by Gasteiger charge is -1.96. The van der Waals surface area contributed by atoms with Crippen LogP contribution in [-0.4, -0.2) is 4.92 Å². The molecule has 0 radical (unpaired) electrons. The molecule has 6 heteroatoms. The second-order valence-electron chi connectivity index (χ2n) is 2.06. The summed E-state index contributed by atoms with van der Waals surface area (Å²) >= 11 is 6.42. The zero-order valence-electron chi connectivity index (χ0n) is 6.23. The van der Waals surface area contributed by atoms with Gasteiger partial charge in [0.15, 0.2) is 0 Å². The number of rotatable bonds is 2. The van der Waals surface area contributed by atoms with Crippen molar-refractivity contribution >= 4 is 29.1 Å². The molecule has 0 N–H and O–H groups in total. The molecule has 0 aromatic heterocycles. The lowest BCUT2D eigenvalue weighted by atomic mass is 10.3. The van der Waals surface area contributed by atoms with Gasteiger partial charge in [0, 0.05) is 11.0 Å². The van der Waals surface area contributed by atoms with E-state index in [0.29, 0.717) is 4.90 Å². The molecule has 0 saturated carbocycles. The smallest absolute Gasteiger partial charge is 0.258 e. The fourth-order valence-electron chi connectivity index (χ4n) is 0.749. The van der Waals surface area contributed by atoms with E-state index in [-0.39, 0.29) is 10.7 Å². The predicted octanol–water partition coefficient (Wildman–Crippen LogP) is 2.82. The number of benzene rings is 1. The molecule has 66 valence electrons. The van der Waals surface area contributed by atoms with Crippen LogP contribution in [0, 0.1) is 20.8 Å². The molecule has 0 bridgehead atoms. The third-order valence-corrected chi connectivity index (χ3v) is 2.18. The molecule has 0 spiro atoms. The minimum absolute atomic E-state index is 0.0762. The van der Waals surface area contributed by atoms with E-state index >= 15 is 0 Å². The molecule has 4 nitrogen and oxygen atoms in total. The monoisotopic (exact) mass is 214 g/mol. The van der Waals surface area contributed by atoms with Crippen LogP contribution >= 0.6 is 23.4 Å². The molecule has 13 heavy (non-hydrogen) atoms. The van der Waals surface area contributed by atoms with Crippen LogP contribution in [0.25, 0.3) is 0 Å². The van der Waals surface area contributed by atoms with Gasteiger partial charge in [-0.05, 0) is 23.9 Å². The minimum Gasteiger partial charge on any atom is -0.258 e. The highest BCUT2D eigenvalue weighted by molar-refractivity contribution is 8.03. The molecule has 0 aliphatic rings. The van der Waals surface area contributed by atoms with Gasteiger partial charge < -0.3 is 0 Å². The van der Waals surface area contributed by atoms with E-state index in [9.17, 15) is 10.1 Å². The normalized spacial score (nSPS) is 9.23. The van der Waals surface area contributed by atoms with Crippen LogP contribution in [0.2, 0.25) is 5.02 Å². The molecule has 0 aliphatic heterocycles. The fraction of sp³-hybridized carbons (Fsp3) is 0. The number of hydrogen-bond donors (Lipinski definition) is 0. The molecule has 0 unspecified atom stereocenters. The van der Waals surface area contributed by atoms with Crippen LogP contribution in [0.4, 0.5) is 5.69 Å². The van der Waals surface area contributed by atoms with Crippen molar-refractivity contribution in [2.45, 2.75) is 4.90 Å². The quantitative estimate of drug-likeness (QED) is 0.329. The van der Waals surface area contributed by atoms with Crippen molar-refractivity contribution in [1.82, 2.24) is 0 Å². The lowest BCUT2D eigenvalue weighted by molar-refractivity contribution is -0.384. The Morgan fingerprint density at radius 2 is 2.31 bits per heavy atom. The number of nitro groups is 1. The van der Waals surface area contributed by atoms with Gasteiger partial charge in [-0.25, -0.2) is 0 Å². The Balaban J connectivity index is 3.13. The maximum Gasteiger partial charge on any atom is 0.289 e. The van der Waals surface area contributed by atoms with Gasteiger partial charge in [0.05, 0.1) is 4.92 Å². The summed E-state index contributed by atoms with van der Waals surface area (Å²) in [4.78, 5) is 10.3. The van der Waals surface area contributed by atoms with Crippen molar-refractivity contribution in [3.05, 3.63) is 33.3 Å². The van der Waals surface area contributed by atoms with Crippen molar-refractivity contribution in [1.29, 1.82) is 5.26 Å². The first-order valence-corrected chi connectivity index (χ1v) is 4.34. The van der Waals surface area contributed by atoms with Gasteiger partial charge >= 0.3 is 0 Å². The molecule has 1 aromatic rings. The first kappa shape index (κ1) is 9.84. The van der Waals surface area contributed by atoms with E-state index in [4.69, 9.17) is 16.9 Å². The Bertz CT molecular complexity index is 389. The van der Waals surface area contributed by atoms with Gasteiger partial charge in [-0.3, -0.25) is 10.1 Å². The van der Waals surface area contributed by atoms with Crippen LogP contribution < -0.4 is 0 Å². The van der Waals surface area contributed by atoms with E-state index in [1.807, 2.05) is 5.40 Å². The summed E-state index contributed by atoms with van der Waals surface area (Å²) in [7, 11) is 0. The second kappa shape index (κ2) is 4.12. The predicted molar refractivity (Wildman–Crippen MR) is 49.6 cm³/mol. The molecule has 0 amide bonds. The van der Waals surface area contributed by atoms with Gasteiger partial charge in [0.25, 0.3) is 5.69 Å². The molecule has 0 fully saturated rings. The summed E-state index contributed by atoms with van der Waals surface area (Å²) in [5.41, 5.74) is -0.179. The highest BCUT2D eigenvalue weighted by atomic mass is 35.5. The highest BCUT2D eigenvalue weighted by Gasteiger charge is 2.12. The number of nitro benzene ring substituents is 1. The summed E-state index contributed by atoms with van der Waals surface area (Å²) in [6.45, 7) is 0. The number of thiocyanates is 1. The average molecular weight is 215 g/mol. The van der Waals surface area contributed by atoms with E-state index in [2.05, 4.69) is 0 Å². The summed E-state index contributed by atoms with van der Waals surface area (Å²) in [6.07, 6.45) is 0. The van der Waals surface area contributed by atoms with Crippen molar-refractivity contribution in [2.75, 3.05) is 0 Å². The molecular weight excluding hydrogens is 212 g/mol. The third-order valence-electron chi connectivity index (χ3n) is 1.28. The Morgan fingerprint density at radius 1 is 1.62 bits per heavy atom. The molecular formula is C7H3ClN2O2S. The van der Waals surface area contributed by atoms with E-state index < -0.39 is 4.92 Å². The largest absolute Gasteiger partial charge is 0.289 e. The van der Waals surface area contributed by atoms with Crippen molar-refractivity contribution in [3.63, 3.8) is 0 Å². The third kappa shape index (κ3) is 2.34. The maximum atomic E-state index is 10.4.